The second kappa shape index (κ2) is 6.07. The van der Waals surface area contributed by atoms with Crippen LogP contribution in [0.25, 0.3) is 11.0 Å². The molecular weight excluding hydrogens is 314 g/mol. The smallest absolute Gasteiger partial charge is 0.164 e. The normalized spacial score (nSPS) is 14.2. The summed E-state index contributed by atoms with van der Waals surface area (Å²) < 4.78 is 25.4. The number of hydrogen-bond donors (Lipinski definition) is 1. The van der Waals surface area contributed by atoms with Crippen molar-refractivity contribution in [2.75, 3.05) is 16.8 Å². The van der Waals surface area contributed by atoms with Crippen LogP contribution in [0, 0.1) is 6.92 Å². The molecule has 2 aromatic heterocycles. The van der Waals surface area contributed by atoms with E-state index < -0.39 is 9.84 Å². The second-order valence-corrected chi connectivity index (χ2v) is 9.23. The predicted octanol–water partition coefficient (Wildman–Crippen LogP) is 2.12. The largest absolute Gasteiger partial charge is 0.366 e. The lowest BCUT2D eigenvalue weighted by Crippen LogP contribution is -2.27. The summed E-state index contributed by atoms with van der Waals surface area (Å²) in [5, 5.41) is 8.42. The molecule has 0 amide bonds. The van der Waals surface area contributed by atoms with Gasteiger partial charge < -0.3 is 5.32 Å². The average Bonchev–Trinajstić information content (AvgIpc) is 2.81. The summed E-state index contributed by atoms with van der Waals surface area (Å²) in [6, 6.07) is -0.240. The molecule has 8 heteroatoms. The minimum atomic E-state index is -3.05. The highest BCUT2D eigenvalue weighted by Gasteiger charge is 2.21. The number of anilines is 1. The van der Waals surface area contributed by atoms with Gasteiger partial charge in [0.05, 0.1) is 22.9 Å². The van der Waals surface area contributed by atoms with Crippen LogP contribution in [0.3, 0.4) is 0 Å². The molecule has 0 radical (unpaired) electrons. The van der Waals surface area contributed by atoms with Crippen LogP contribution in [-0.4, -0.2) is 45.7 Å². The first kappa shape index (κ1) is 17.7. The van der Waals surface area contributed by atoms with Crippen molar-refractivity contribution in [3.05, 3.63) is 12.0 Å². The SMILES string of the molecule is CCS(=O)(=O)C[C@H](C)Nc1nc(C)nc2c1cnn2C(C)(C)C. The molecule has 0 fully saturated rings. The van der Waals surface area contributed by atoms with Gasteiger partial charge in [0.25, 0.3) is 0 Å². The number of hydrogen-bond acceptors (Lipinski definition) is 6. The molecule has 1 N–H and O–H groups in total. The molecule has 128 valence electrons. The maximum absolute atomic E-state index is 11.8. The van der Waals surface area contributed by atoms with Gasteiger partial charge in [-0.25, -0.2) is 23.1 Å². The van der Waals surface area contributed by atoms with Crippen molar-refractivity contribution in [1.82, 2.24) is 19.7 Å². The second-order valence-electron chi connectivity index (χ2n) is 6.83. The van der Waals surface area contributed by atoms with Gasteiger partial charge in [0.1, 0.15) is 11.6 Å². The zero-order valence-corrected chi connectivity index (χ0v) is 15.4. The van der Waals surface area contributed by atoms with Gasteiger partial charge in [-0.15, -0.1) is 0 Å². The van der Waals surface area contributed by atoms with Crippen LogP contribution in [0.2, 0.25) is 0 Å². The topological polar surface area (TPSA) is 89.8 Å². The van der Waals surface area contributed by atoms with Crippen molar-refractivity contribution in [2.45, 2.75) is 53.1 Å². The highest BCUT2D eigenvalue weighted by molar-refractivity contribution is 7.91. The van der Waals surface area contributed by atoms with E-state index in [0.717, 1.165) is 11.0 Å². The Morgan fingerprint density at radius 2 is 1.96 bits per heavy atom. The van der Waals surface area contributed by atoms with Gasteiger partial charge in [0, 0.05) is 11.8 Å². The first-order valence-corrected chi connectivity index (χ1v) is 9.55. The number of fused-ring (bicyclic) bond motifs is 1. The Hall–Kier alpha value is -1.70. The van der Waals surface area contributed by atoms with E-state index in [2.05, 4.69) is 41.2 Å². The fourth-order valence-electron chi connectivity index (χ4n) is 2.39. The molecule has 0 saturated heterocycles. The fraction of sp³-hybridized carbons (Fsp3) is 0.667. The fourth-order valence-corrected chi connectivity index (χ4v) is 3.47. The van der Waals surface area contributed by atoms with Crippen LogP contribution < -0.4 is 5.32 Å². The molecule has 0 bridgehead atoms. The molecule has 0 aliphatic carbocycles. The average molecular weight is 339 g/mol. The summed E-state index contributed by atoms with van der Waals surface area (Å²) in [6.45, 7) is 11.5. The summed E-state index contributed by atoms with van der Waals surface area (Å²) in [4.78, 5) is 8.91. The Morgan fingerprint density at radius 3 is 2.52 bits per heavy atom. The van der Waals surface area contributed by atoms with Crippen LogP contribution >= 0.6 is 0 Å². The molecule has 0 saturated carbocycles. The number of sulfone groups is 1. The van der Waals surface area contributed by atoms with E-state index in [1.807, 2.05) is 18.5 Å². The Morgan fingerprint density at radius 1 is 1.30 bits per heavy atom. The minimum absolute atomic E-state index is 0.0709. The van der Waals surface area contributed by atoms with Gasteiger partial charge in [-0.05, 0) is 34.6 Å². The van der Waals surface area contributed by atoms with Crippen LogP contribution in [0.15, 0.2) is 6.20 Å². The zero-order chi connectivity index (χ0) is 17.4. The Kier molecular flexibility index (Phi) is 4.66. The molecule has 7 nitrogen and oxygen atoms in total. The monoisotopic (exact) mass is 339 g/mol. The molecule has 0 aromatic carbocycles. The molecule has 1 atom stereocenters. The van der Waals surface area contributed by atoms with E-state index in [4.69, 9.17) is 0 Å². The molecule has 0 aliphatic rings. The van der Waals surface area contributed by atoms with E-state index in [9.17, 15) is 8.42 Å². The van der Waals surface area contributed by atoms with Crippen molar-refractivity contribution in [3.63, 3.8) is 0 Å². The summed E-state index contributed by atoms with van der Waals surface area (Å²) >= 11 is 0. The Labute approximate surface area is 137 Å². The lowest BCUT2D eigenvalue weighted by molar-refractivity contribution is 0.365. The summed E-state index contributed by atoms with van der Waals surface area (Å²) in [6.07, 6.45) is 1.73. The maximum atomic E-state index is 11.8. The van der Waals surface area contributed by atoms with E-state index in [-0.39, 0.29) is 23.1 Å². The quantitative estimate of drug-likeness (QED) is 0.897. The first-order chi connectivity index (χ1) is 10.5. The lowest BCUT2D eigenvalue weighted by Gasteiger charge is -2.20. The molecule has 23 heavy (non-hydrogen) atoms. The Bertz CT molecular complexity index is 805. The Balaban J connectivity index is 2.40. The van der Waals surface area contributed by atoms with E-state index in [0.29, 0.717) is 11.6 Å². The van der Waals surface area contributed by atoms with E-state index >= 15 is 0 Å². The zero-order valence-electron chi connectivity index (χ0n) is 14.6. The third kappa shape index (κ3) is 3.99. The first-order valence-electron chi connectivity index (χ1n) is 7.73. The van der Waals surface area contributed by atoms with Crippen LogP contribution in [0.1, 0.15) is 40.4 Å². The number of nitrogens with one attached hydrogen (secondary N) is 1. The number of rotatable bonds is 5. The summed E-state index contributed by atoms with van der Waals surface area (Å²) in [7, 11) is -3.05. The highest BCUT2D eigenvalue weighted by Crippen LogP contribution is 2.25. The number of aryl methyl sites for hydroxylation is 1. The summed E-state index contributed by atoms with van der Waals surface area (Å²) in [5.74, 6) is 1.46. The van der Waals surface area contributed by atoms with Crippen LogP contribution in [-0.2, 0) is 15.4 Å². The summed E-state index contributed by atoms with van der Waals surface area (Å²) in [5.41, 5.74) is 0.551. The number of nitrogens with zero attached hydrogens (tertiary/aromatic N) is 4. The third-order valence-electron chi connectivity index (χ3n) is 3.50. The molecule has 0 unspecified atom stereocenters. The van der Waals surface area contributed by atoms with E-state index in [1.54, 1.807) is 13.1 Å². The predicted molar refractivity (Wildman–Crippen MR) is 92.5 cm³/mol. The lowest BCUT2D eigenvalue weighted by atomic mass is 10.1. The van der Waals surface area contributed by atoms with Crippen LogP contribution in [0.4, 0.5) is 5.82 Å². The van der Waals surface area contributed by atoms with Gasteiger partial charge in [0.15, 0.2) is 15.5 Å². The van der Waals surface area contributed by atoms with Crippen molar-refractivity contribution in [3.8, 4) is 0 Å². The van der Waals surface area contributed by atoms with Crippen molar-refractivity contribution in [2.24, 2.45) is 0 Å². The molecule has 2 heterocycles. The minimum Gasteiger partial charge on any atom is -0.366 e. The maximum Gasteiger partial charge on any atom is 0.164 e. The van der Waals surface area contributed by atoms with Gasteiger partial charge in [0.2, 0.25) is 0 Å². The van der Waals surface area contributed by atoms with E-state index in [1.165, 1.54) is 0 Å². The molecular formula is C15H25N5O2S. The van der Waals surface area contributed by atoms with Crippen LogP contribution in [0.5, 0.6) is 0 Å². The standard InChI is InChI=1S/C15H25N5O2S/c1-7-23(21,22)9-10(2)17-13-12-8-16-20(15(4,5)6)14(12)19-11(3)18-13/h8,10H,7,9H2,1-6H3,(H,17,18,19)/t10-/m0/s1. The van der Waals surface area contributed by atoms with Crippen molar-refractivity contribution >= 4 is 26.7 Å². The van der Waals surface area contributed by atoms with Crippen molar-refractivity contribution < 1.29 is 8.42 Å². The van der Waals surface area contributed by atoms with Gasteiger partial charge in [-0.1, -0.05) is 6.92 Å². The molecule has 2 rings (SSSR count). The van der Waals surface area contributed by atoms with Crippen molar-refractivity contribution in [1.29, 1.82) is 0 Å². The molecule has 0 aliphatic heterocycles. The number of aromatic nitrogens is 4. The van der Waals surface area contributed by atoms with Gasteiger partial charge in [-0.2, -0.15) is 5.10 Å². The highest BCUT2D eigenvalue weighted by atomic mass is 32.2. The third-order valence-corrected chi connectivity index (χ3v) is 5.39. The van der Waals surface area contributed by atoms with Gasteiger partial charge >= 0.3 is 0 Å². The molecule has 0 spiro atoms. The van der Waals surface area contributed by atoms with Gasteiger partial charge in [-0.3, -0.25) is 0 Å². The molecule has 2 aromatic rings.